The Labute approximate surface area is 118 Å². The molecular weight excluding hydrogens is 266 g/mol. The van der Waals surface area contributed by atoms with Gasteiger partial charge >= 0.3 is 0 Å². The van der Waals surface area contributed by atoms with E-state index in [4.69, 9.17) is 16.3 Å². The summed E-state index contributed by atoms with van der Waals surface area (Å²) in [4.78, 5) is 14.5. The lowest BCUT2D eigenvalue weighted by Gasteiger charge is -2.14. The first-order valence-electron chi connectivity index (χ1n) is 6.54. The highest BCUT2D eigenvalue weighted by molar-refractivity contribution is 6.33. The van der Waals surface area contributed by atoms with Crippen molar-refractivity contribution in [3.8, 4) is 0 Å². The summed E-state index contributed by atoms with van der Waals surface area (Å²) in [7, 11) is 3.96. The molecule has 0 bridgehead atoms. The number of hydrogen-bond donors (Lipinski definition) is 0. The van der Waals surface area contributed by atoms with Crippen LogP contribution in [0.3, 0.4) is 0 Å². The molecule has 0 N–H and O–H groups in total. The number of hydrogen-bond acceptors (Lipinski definition) is 4. The summed E-state index contributed by atoms with van der Waals surface area (Å²) in [5.74, 6) is -0.0504. The third-order valence-electron chi connectivity index (χ3n) is 3.31. The van der Waals surface area contributed by atoms with Gasteiger partial charge in [-0.05, 0) is 33.9 Å². The number of Topliss-reactive ketones (excluding diaryl/α,β-unsaturated/α-hetero) is 1. The number of halogens is 1. The van der Waals surface area contributed by atoms with E-state index in [1.165, 1.54) is 6.20 Å². The summed E-state index contributed by atoms with van der Waals surface area (Å²) < 4.78 is 7.30. The average molecular weight is 286 g/mol. The molecule has 0 spiro atoms. The molecule has 106 valence electrons. The molecule has 1 aromatic heterocycles. The SMILES string of the molecule is CC1CCC(C(=O)c2c(Cl)cnn2CCN(C)C)O1. The Morgan fingerprint density at radius 3 is 2.89 bits per heavy atom. The van der Waals surface area contributed by atoms with Gasteiger partial charge < -0.3 is 9.64 Å². The van der Waals surface area contributed by atoms with E-state index in [1.54, 1.807) is 4.68 Å². The average Bonchev–Trinajstić information content (AvgIpc) is 2.92. The summed E-state index contributed by atoms with van der Waals surface area (Å²) in [6.45, 7) is 3.43. The molecule has 2 atom stereocenters. The maximum atomic E-state index is 12.5. The molecule has 2 rings (SSSR count). The van der Waals surface area contributed by atoms with E-state index in [0.29, 0.717) is 17.3 Å². The number of ketones is 1. The topological polar surface area (TPSA) is 47.4 Å². The van der Waals surface area contributed by atoms with Crippen LogP contribution in [0.4, 0.5) is 0 Å². The Kier molecular flexibility index (Phi) is 4.60. The minimum Gasteiger partial charge on any atom is -0.367 e. The van der Waals surface area contributed by atoms with Crippen LogP contribution >= 0.6 is 11.6 Å². The fourth-order valence-electron chi connectivity index (χ4n) is 2.22. The van der Waals surface area contributed by atoms with Crippen LogP contribution in [0.1, 0.15) is 30.3 Å². The number of likely N-dealkylation sites (N-methyl/N-ethyl adjacent to an activating group) is 1. The quantitative estimate of drug-likeness (QED) is 0.775. The van der Waals surface area contributed by atoms with E-state index in [1.807, 2.05) is 25.9 Å². The van der Waals surface area contributed by atoms with Crippen molar-refractivity contribution in [1.29, 1.82) is 0 Å². The van der Waals surface area contributed by atoms with Crippen molar-refractivity contribution in [2.24, 2.45) is 0 Å². The van der Waals surface area contributed by atoms with Crippen LogP contribution in [-0.2, 0) is 11.3 Å². The van der Waals surface area contributed by atoms with Crippen LogP contribution in [0.5, 0.6) is 0 Å². The van der Waals surface area contributed by atoms with E-state index >= 15 is 0 Å². The number of rotatable bonds is 5. The second-order valence-electron chi connectivity index (χ2n) is 5.24. The zero-order valence-electron chi connectivity index (χ0n) is 11.6. The Bertz CT molecular complexity index is 459. The van der Waals surface area contributed by atoms with Crippen LogP contribution in [0.2, 0.25) is 5.02 Å². The highest BCUT2D eigenvalue weighted by Crippen LogP contribution is 2.25. The van der Waals surface area contributed by atoms with Crippen LogP contribution in [-0.4, -0.2) is 53.3 Å². The van der Waals surface area contributed by atoms with Crippen molar-refractivity contribution in [2.45, 2.75) is 38.5 Å². The van der Waals surface area contributed by atoms with E-state index in [-0.39, 0.29) is 18.0 Å². The van der Waals surface area contributed by atoms with Gasteiger partial charge in [0, 0.05) is 6.54 Å². The summed E-state index contributed by atoms with van der Waals surface area (Å²) in [5, 5.41) is 4.59. The highest BCUT2D eigenvalue weighted by atomic mass is 35.5. The molecule has 5 nitrogen and oxygen atoms in total. The van der Waals surface area contributed by atoms with Gasteiger partial charge in [-0.3, -0.25) is 9.48 Å². The maximum absolute atomic E-state index is 12.5. The molecule has 0 amide bonds. The van der Waals surface area contributed by atoms with Gasteiger partial charge in [0.1, 0.15) is 11.8 Å². The number of ether oxygens (including phenoxy) is 1. The second kappa shape index (κ2) is 6.03. The largest absolute Gasteiger partial charge is 0.367 e. The minimum absolute atomic E-state index is 0.0504. The van der Waals surface area contributed by atoms with Gasteiger partial charge in [-0.25, -0.2) is 0 Å². The Hall–Kier alpha value is -0.910. The Morgan fingerprint density at radius 1 is 1.58 bits per heavy atom. The molecule has 19 heavy (non-hydrogen) atoms. The third-order valence-corrected chi connectivity index (χ3v) is 3.59. The fourth-order valence-corrected chi connectivity index (χ4v) is 2.45. The maximum Gasteiger partial charge on any atom is 0.211 e. The molecule has 1 saturated heterocycles. The number of carbonyl (C=O) groups is 1. The van der Waals surface area contributed by atoms with Crippen molar-refractivity contribution in [3.63, 3.8) is 0 Å². The van der Waals surface area contributed by atoms with Crippen LogP contribution < -0.4 is 0 Å². The predicted octanol–water partition coefficient (Wildman–Crippen LogP) is 1.85. The minimum atomic E-state index is -0.373. The molecule has 0 aromatic carbocycles. The first-order valence-corrected chi connectivity index (χ1v) is 6.92. The predicted molar refractivity (Wildman–Crippen MR) is 73.7 cm³/mol. The summed E-state index contributed by atoms with van der Waals surface area (Å²) in [5.41, 5.74) is 0.475. The van der Waals surface area contributed by atoms with Gasteiger partial charge in [0.05, 0.1) is 23.9 Å². The van der Waals surface area contributed by atoms with Crippen molar-refractivity contribution < 1.29 is 9.53 Å². The molecule has 1 aromatic rings. The van der Waals surface area contributed by atoms with Gasteiger partial charge in [0.15, 0.2) is 0 Å². The van der Waals surface area contributed by atoms with Crippen LogP contribution in [0.15, 0.2) is 6.20 Å². The van der Waals surface area contributed by atoms with E-state index in [0.717, 1.165) is 19.4 Å². The van der Waals surface area contributed by atoms with Crippen molar-refractivity contribution in [1.82, 2.24) is 14.7 Å². The third kappa shape index (κ3) is 3.35. The molecular formula is C13H20ClN3O2. The smallest absolute Gasteiger partial charge is 0.211 e. The van der Waals surface area contributed by atoms with E-state index in [9.17, 15) is 4.79 Å². The molecule has 1 aliphatic rings. The zero-order valence-corrected chi connectivity index (χ0v) is 12.4. The first kappa shape index (κ1) is 14.5. The molecule has 0 saturated carbocycles. The number of aromatic nitrogens is 2. The lowest BCUT2D eigenvalue weighted by Crippen LogP contribution is -2.26. The highest BCUT2D eigenvalue weighted by Gasteiger charge is 2.32. The van der Waals surface area contributed by atoms with E-state index in [2.05, 4.69) is 5.10 Å². The van der Waals surface area contributed by atoms with Gasteiger partial charge in [0.2, 0.25) is 5.78 Å². The van der Waals surface area contributed by atoms with Gasteiger partial charge in [0.25, 0.3) is 0 Å². The Balaban J connectivity index is 2.14. The zero-order chi connectivity index (χ0) is 14.0. The molecule has 0 aliphatic carbocycles. The molecule has 2 unspecified atom stereocenters. The van der Waals surface area contributed by atoms with Crippen molar-refractivity contribution >= 4 is 17.4 Å². The number of carbonyl (C=O) groups excluding carboxylic acids is 1. The summed E-state index contributed by atoms with van der Waals surface area (Å²) in [6.07, 6.45) is 2.98. The standard InChI is InChI=1S/C13H20ClN3O2/c1-9-4-5-11(19-9)13(18)12-10(14)8-15-17(12)7-6-16(2)3/h8-9,11H,4-7H2,1-3H3. The Morgan fingerprint density at radius 2 is 2.32 bits per heavy atom. The summed E-state index contributed by atoms with van der Waals surface area (Å²) >= 11 is 6.10. The second-order valence-corrected chi connectivity index (χ2v) is 5.65. The summed E-state index contributed by atoms with van der Waals surface area (Å²) in [6, 6.07) is 0. The van der Waals surface area contributed by atoms with Gasteiger partial charge in [-0.15, -0.1) is 0 Å². The first-order chi connectivity index (χ1) is 8.99. The molecule has 0 radical (unpaired) electrons. The molecule has 2 heterocycles. The normalized spacial score (nSPS) is 23.2. The van der Waals surface area contributed by atoms with E-state index < -0.39 is 0 Å². The van der Waals surface area contributed by atoms with Crippen molar-refractivity contribution in [3.05, 3.63) is 16.9 Å². The fraction of sp³-hybridized carbons (Fsp3) is 0.692. The molecule has 1 aliphatic heterocycles. The monoisotopic (exact) mass is 285 g/mol. The van der Waals surface area contributed by atoms with Crippen LogP contribution in [0.25, 0.3) is 0 Å². The lowest BCUT2D eigenvalue weighted by atomic mass is 10.1. The van der Waals surface area contributed by atoms with Crippen LogP contribution in [0, 0.1) is 0 Å². The van der Waals surface area contributed by atoms with Gasteiger partial charge in [-0.2, -0.15) is 5.10 Å². The number of nitrogens with zero attached hydrogens (tertiary/aromatic N) is 3. The van der Waals surface area contributed by atoms with Crippen molar-refractivity contribution in [2.75, 3.05) is 20.6 Å². The molecule has 6 heteroatoms. The lowest BCUT2D eigenvalue weighted by molar-refractivity contribution is 0.0424. The van der Waals surface area contributed by atoms with Gasteiger partial charge in [-0.1, -0.05) is 11.6 Å². The molecule has 1 fully saturated rings.